The molecule has 0 spiro atoms. The van der Waals surface area contributed by atoms with Crippen LogP contribution in [0, 0.1) is 0 Å². The number of benzene rings is 1. The van der Waals surface area contributed by atoms with E-state index in [9.17, 15) is 4.79 Å². The number of amides is 1. The molecule has 0 bridgehead atoms. The van der Waals surface area contributed by atoms with Crippen LogP contribution in [0.2, 0.25) is 5.02 Å². The molecule has 1 aromatic carbocycles. The van der Waals surface area contributed by atoms with Gasteiger partial charge in [0.15, 0.2) is 0 Å². The summed E-state index contributed by atoms with van der Waals surface area (Å²) < 4.78 is 5.17. The summed E-state index contributed by atoms with van der Waals surface area (Å²) >= 11 is 5.83. The number of halogens is 1. The zero-order chi connectivity index (χ0) is 12.4. The Kier molecular flexibility index (Phi) is 3.40. The number of hydrogen-bond acceptors (Lipinski definition) is 4. The van der Waals surface area contributed by atoms with Gasteiger partial charge >= 0.3 is 6.09 Å². The van der Waals surface area contributed by atoms with E-state index in [1.807, 2.05) is 0 Å². The number of likely N-dealkylation sites (tertiary alicyclic amines) is 1. The lowest BCUT2D eigenvalue weighted by molar-refractivity contribution is 0.162. The van der Waals surface area contributed by atoms with Gasteiger partial charge in [0, 0.05) is 25.2 Å². The maximum absolute atomic E-state index is 11.7. The molecule has 1 heterocycles. The van der Waals surface area contributed by atoms with Gasteiger partial charge in [-0.1, -0.05) is 11.6 Å². The van der Waals surface area contributed by atoms with E-state index in [1.165, 1.54) is 6.07 Å². The fourth-order valence-corrected chi connectivity index (χ4v) is 1.86. The molecule has 4 N–H and O–H groups in total. The monoisotopic (exact) mass is 255 g/mol. The van der Waals surface area contributed by atoms with Crippen molar-refractivity contribution in [1.82, 2.24) is 4.90 Å². The maximum Gasteiger partial charge on any atom is 0.415 e. The predicted molar refractivity (Wildman–Crippen MR) is 66.1 cm³/mol. The van der Waals surface area contributed by atoms with Crippen molar-refractivity contribution in [3.63, 3.8) is 0 Å². The van der Waals surface area contributed by atoms with E-state index in [4.69, 9.17) is 27.8 Å². The van der Waals surface area contributed by atoms with E-state index >= 15 is 0 Å². The third-order valence-electron chi connectivity index (χ3n) is 2.66. The molecule has 1 amide bonds. The van der Waals surface area contributed by atoms with Crippen LogP contribution in [-0.2, 0) is 0 Å². The molecule has 0 unspecified atom stereocenters. The minimum atomic E-state index is -0.404. The highest BCUT2D eigenvalue weighted by molar-refractivity contribution is 6.33. The molecule has 6 heteroatoms. The van der Waals surface area contributed by atoms with Gasteiger partial charge in [-0.2, -0.15) is 0 Å². The third-order valence-corrected chi connectivity index (χ3v) is 2.99. The van der Waals surface area contributed by atoms with Crippen LogP contribution >= 0.6 is 11.6 Å². The molecule has 92 valence electrons. The molecule has 0 saturated carbocycles. The summed E-state index contributed by atoms with van der Waals surface area (Å²) in [6.45, 7) is 1.16. The van der Waals surface area contributed by atoms with Crippen LogP contribution in [0.15, 0.2) is 18.2 Å². The Morgan fingerprint density at radius 2 is 2.29 bits per heavy atom. The Morgan fingerprint density at radius 1 is 1.53 bits per heavy atom. The highest BCUT2D eigenvalue weighted by atomic mass is 35.5. The molecule has 1 aliphatic rings. The van der Waals surface area contributed by atoms with Crippen molar-refractivity contribution in [2.24, 2.45) is 5.73 Å². The van der Waals surface area contributed by atoms with E-state index < -0.39 is 6.09 Å². The summed E-state index contributed by atoms with van der Waals surface area (Å²) in [5.74, 6) is 0.384. The first-order chi connectivity index (χ1) is 8.06. The number of nitrogen functional groups attached to an aromatic ring is 1. The predicted octanol–water partition coefficient (Wildman–Crippen LogP) is 1.45. The maximum atomic E-state index is 11.7. The van der Waals surface area contributed by atoms with Crippen LogP contribution in [0.1, 0.15) is 6.42 Å². The number of carbonyl (C=O) groups excluding carboxylic acids is 1. The quantitative estimate of drug-likeness (QED) is 0.745. The first-order valence-corrected chi connectivity index (χ1v) is 5.71. The van der Waals surface area contributed by atoms with E-state index in [0.717, 1.165) is 6.42 Å². The van der Waals surface area contributed by atoms with Crippen LogP contribution in [0.3, 0.4) is 0 Å². The average Bonchev–Trinajstić information content (AvgIpc) is 2.70. The Hall–Kier alpha value is -1.46. The molecular formula is C11H14ClN3O2. The van der Waals surface area contributed by atoms with Crippen LogP contribution in [-0.4, -0.2) is 30.1 Å². The molecule has 17 heavy (non-hydrogen) atoms. The number of nitrogens with zero attached hydrogens (tertiary/aromatic N) is 1. The van der Waals surface area contributed by atoms with Crippen molar-refractivity contribution in [3.05, 3.63) is 23.2 Å². The molecular weight excluding hydrogens is 242 g/mol. The summed E-state index contributed by atoms with van der Waals surface area (Å²) in [6, 6.07) is 4.76. The Labute approximate surface area is 104 Å². The Morgan fingerprint density at radius 3 is 2.88 bits per heavy atom. The van der Waals surface area contributed by atoms with Gasteiger partial charge in [0.25, 0.3) is 0 Å². The van der Waals surface area contributed by atoms with E-state index in [2.05, 4.69) is 0 Å². The second-order valence-corrected chi connectivity index (χ2v) is 4.45. The van der Waals surface area contributed by atoms with E-state index in [-0.39, 0.29) is 6.04 Å². The topological polar surface area (TPSA) is 81.6 Å². The van der Waals surface area contributed by atoms with Gasteiger partial charge in [-0.15, -0.1) is 0 Å². The average molecular weight is 256 g/mol. The van der Waals surface area contributed by atoms with Crippen molar-refractivity contribution in [2.75, 3.05) is 18.8 Å². The standard InChI is InChI=1S/C11H14ClN3O2/c12-9-5-8(1-2-10(9)14)17-11(16)15-4-3-7(13)6-15/h1-2,5,7H,3-4,6,13-14H2/t7-/m1/s1. The summed E-state index contributed by atoms with van der Waals surface area (Å²) in [5.41, 5.74) is 11.7. The number of carbonyl (C=O) groups is 1. The lowest BCUT2D eigenvalue weighted by Crippen LogP contribution is -2.33. The first kappa shape index (κ1) is 12.0. The van der Waals surface area contributed by atoms with E-state index in [1.54, 1.807) is 17.0 Å². The molecule has 1 saturated heterocycles. The number of rotatable bonds is 1. The zero-order valence-corrected chi connectivity index (χ0v) is 9.98. The van der Waals surface area contributed by atoms with E-state index in [0.29, 0.717) is 29.5 Å². The second-order valence-electron chi connectivity index (χ2n) is 4.05. The first-order valence-electron chi connectivity index (χ1n) is 5.33. The third kappa shape index (κ3) is 2.81. The smallest absolute Gasteiger partial charge is 0.410 e. The van der Waals surface area contributed by atoms with Gasteiger partial charge in [0.05, 0.1) is 10.7 Å². The van der Waals surface area contributed by atoms with Gasteiger partial charge in [0.2, 0.25) is 0 Å². The second kappa shape index (κ2) is 4.81. The van der Waals surface area contributed by atoms with Gasteiger partial charge in [0.1, 0.15) is 5.75 Å². The normalized spacial score (nSPS) is 19.4. The molecule has 1 aromatic rings. The molecule has 1 atom stereocenters. The highest BCUT2D eigenvalue weighted by Crippen LogP contribution is 2.24. The minimum Gasteiger partial charge on any atom is -0.410 e. The van der Waals surface area contributed by atoms with Crippen molar-refractivity contribution in [1.29, 1.82) is 0 Å². The fraction of sp³-hybridized carbons (Fsp3) is 0.364. The van der Waals surface area contributed by atoms with Crippen molar-refractivity contribution in [3.8, 4) is 5.75 Å². The fourth-order valence-electron chi connectivity index (χ4n) is 1.69. The number of nitrogens with two attached hydrogens (primary N) is 2. The van der Waals surface area contributed by atoms with Crippen LogP contribution in [0.5, 0.6) is 5.75 Å². The van der Waals surface area contributed by atoms with Crippen LogP contribution in [0.25, 0.3) is 0 Å². The molecule has 1 fully saturated rings. The summed E-state index contributed by atoms with van der Waals surface area (Å²) in [6.07, 6.45) is 0.399. The van der Waals surface area contributed by atoms with Crippen molar-refractivity contribution >= 4 is 23.4 Å². The molecule has 1 aliphatic heterocycles. The molecule has 0 radical (unpaired) electrons. The van der Waals surface area contributed by atoms with Gasteiger partial charge in [-0.3, -0.25) is 0 Å². The van der Waals surface area contributed by atoms with Gasteiger partial charge < -0.3 is 21.1 Å². The molecule has 2 rings (SSSR count). The lowest BCUT2D eigenvalue weighted by atomic mass is 10.3. The highest BCUT2D eigenvalue weighted by Gasteiger charge is 2.25. The summed E-state index contributed by atoms with van der Waals surface area (Å²) in [4.78, 5) is 13.3. The Bertz CT molecular complexity index is 439. The number of hydrogen-bond donors (Lipinski definition) is 2. The van der Waals surface area contributed by atoms with Gasteiger partial charge in [-0.25, -0.2) is 4.79 Å². The molecule has 0 aromatic heterocycles. The molecule has 5 nitrogen and oxygen atoms in total. The largest absolute Gasteiger partial charge is 0.415 e. The Balaban J connectivity index is 2.00. The minimum absolute atomic E-state index is 0.0394. The number of ether oxygens (including phenoxy) is 1. The summed E-state index contributed by atoms with van der Waals surface area (Å²) in [5, 5.41) is 0.369. The molecule has 0 aliphatic carbocycles. The number of anilines is 1. The SMILES string of the molecule is Nc1ccc(OC(=O)N2CC[C@@H](N)C2)cc1Cl. The lowest BCUT2D eigenvalue weighted by Gasteiger charge is -2.15. The van der Waals surface area contributed by atoms with Crippen LogP contribution < -0.4 is 16.2 Å². The van der Waals surface area contributed by atoms with Crippen LogP contribution in [0.4, 0.5) is 10.5 Å². The van der Waals surface area contributed by atoms with Crippen molar-refractivity contribution < 1.29 is 9.53 Å². The van der Waals surface area contributed by atoms with Crippen molar-refractivity contribution in [2.45, 2.75) is 12.5 Å². The zero-order valence-electron chi connectivity index (χ0n) is 9.23. The summed E-state index contributed by atoms with van der Waals surface area (Å²) in [7, 11) is 0. The van der Waals surface area contributed by atoms with Gasteiger partial charge in [-0.05, 0) is 18.6 Å².